The van der Waals surface area contributed by atoms with E-state index in [2.05, 4.69) is 32.6 Å². The number of fused-ring (bicyclic) bond motifs is 1. The number of nitrogens with zero attached hydrogens (tertiary/aromatic N) is 2. The average molecular weight is 276 g/mol. The van der Waals surface area contributed by atoms with Crippen LogP contribution in [0, 0.1) is 10.5 Å². The maximum Gasteiger partial charge on any atom is 0.144 e. The van der Waals surface area contributed by atoms with Crippen LogP contribution in [0.1, 0.15) is 5.69 Å². The van der Waals surface area contributed by atoms with Crippen LogP contribution in [0.15, 0.2) is 11.6 Å². The van der Waals surface area contributed by atoms with Gasteiger partial charge >= 0.3 is 0 Å². The van der Waals surface area contributed by atoms with Crippen molar-refractivity contribution in [3.63, 3.8) is 0 Å². The molecule has 0 bridgehead atoms. The van der Waals surface area contributed by atoms with Gasteiger partial charge in [0.2, 0.25) is 0 Å². The minimum absolute atomic E-state index is 1.03. The van der Waals surface area contributed by atoms with E-state index in [0.29, 0.717) is 0 Å². The fourth-order valence-electron chi connectivity index (χ4n) is 0.927. The highest BCUT2D eigenvalue weighted by Crippen LogP contribution is 2.21. The normalized spacial score (nSPS) is 10.7. The molecule has 0 radical (unpaired) electrons. The van der Waals surface area contributed by atoms with Gasteiger partial charge in [-0.1, -0.05) is 0 Å². The van der Waals surface area contributed by atoms with Gasteiger partial charge in [-0.15, -0.1) is 11.3 Å². The lowest BCUT2D eigenvalue weighted by molar-refractivity contribution is 1.25. The molecule has 4 heteroatoms. The Bertz CT molecular complexity index is 396. The Morgan fingerprint density at radius 1 is 1.55 bits per heavy atom. The smallest absolute Gasteiger partial charge is 0.144 e. The zero-order chi connectivity index (χ0) is 7.84. The van der Waals surface area contributed by atoms with E-state index in [-0.39, 0.29) is 0 Å². The van der Waals surface area contributed by atoms with Gasteiger partial charge in [0.15, 0.2) is 0 Å². The largest absolute Gasteiger partial charge is 0.242 e. The highest BCUT2D eigenvalue weighted by molar-refractivity contribution is 14.1. The second kappa shape index (κ2) is 2.67. The quantitative estimate of drug-likeness (QED) is 0.691. The molecule has 0 amide bonds. The molecule has 2 aromatic heterocycles. The maximum absolute atomic E-state index is 4.35. The highest BCUT2D eigenvalue weighted by atomic mass is 127. The third kappa shape index (κ3) is 1.24. The zero-order valence-corrected chi connectivity index (χ0v) is 8.81. The molecule has 0 N–H and O–H groups in total. The van der Waals surface area contributed by atoms with E-state index in [4.69, 9.17) is 0 Å². The van der Waals surface area contributed by atoms with Crippen LogP contribution < -0.4 is 0 Å². The minimum atomic E-state index is 1.03. The Kier molecular flexibility index (Phi) is 1.80. The number of hydrogen-bond donors (Lipinski definition) is 0. The Hall–Kier alpha value is -0.230. The Balaban J connectivity index is 2.91. The summed E-state index contributed by atoms with van der Waals surface area (Å²) in [4.78, 5) is 9.59. The summed E-state index contributed by atoms with van der Waals surface area (Å²) in [6, 6.07) is 2.04. The number of halogens is 1. The van der Waals surface area contributed by atoms with Gasteiger partial charge < -0.3 is 0 Å². The average Bonchev–Trinajstić information content (AvgIpc) is 2.34. The van der Waals surface area contributed by atoms with Gasteiger partial charge in [-0.2, -0.15) is 0 Å². The van der Waals surface area contributed by atoms with Crippen LogP contribution in [0.2, 0.25) is 0 Å². The van der Waals surface area contributed by atoms with Crippen molar-refractivity contribution in [2.75, 3.05) is 0 Å². The van der Waals surface area contributed by atoms with Gasteiger partial charge in [0.25, 0.3) is 0 Å². The first-order chi connectivity index (χ1) is 5.27. The van der Waals surface area contributed by atoms with Crippen LogP contribution in [0.4, 0.5) is 0 Å². The minimum Gasteiger partial charge on any atom is -0.242 e. The Morgan fingerprint density at radius 2 is 2.36 bits per heavy atom. The molecule has 0 aromatic carbocycles. The summed E-state index contributed by atoms with van der Waals surface area (Å²) in [5.74, 6) is 0. The zero-order valence-electron chi connectivity index (χ0n) is 5.84. The lowest BCUT2D eigenvalue weighted by Crippen LogP contribution is -1.83. The van der Waals surface area contributed by atoms with E-state index < -0.39 is 0 Å². The SMILES string of the molecule is Cc1cc(I)c2ncsc2n1. The molecule has 0 spiro atoms. The van der Waals surface area contributed by atoms with Crippen molar-refractivity contribution in [3.05, 3.63) is 20.8 Å². The fourth-order valence-corrected chi connectivity index (χ4v) is 2.68. The van der Waals surface area contributed by atoms with Crippen molar-refractivity contribution in [3.8, 4) is 0 Å². The van der Waals surface area contributed by atoms with Crippen LogP contribution in [-0.2, 0) is 0 Å². The molecule has 11 heavy (non-hydrogen) atoms. The molecule has 2 nitrogen and oxygen atoms in total. The topological polar surface area (TPSA) is 25.8 Å². The molecule has 56 valence electrons. The molecule has 0 atom stereocenters. The summed E-state index contributed by atoms with van der Waals surface area (Å²) in [6.07, 6.45) is 0. The van der Waals surface area contributed by atoms with E-state index in [1.807, 2.05) is 18.5 Å². The predicted molar refractivity (Wildman–Crippen MR) is 54.9 cm³/mol. The van der Waals surface area contributed by atoms with E-state index in [0.717, 1.165) is 16.0 Å². The monoisotopic (exact) mass is 276 g/mol. The third-order valence-electron chi connectivity index (χ3n) is 1.39. The number of aryl methyl sites for hydroxylation is 1. The number of rotatable bonds is 0. The van der Waals surface area contributed by atoms with Crippen molar-refractivity contribution < 1.29 is 0 Å². The molecule has 2 rings (SSSR count). The molecule has 0 aliphatic carbocycles. The summed E-state index contributed by atoms with van der Waals surface area (Å²) < 4.78 is 1.19. The summed E-state index contributed by atoms with van der Waals surface area (Å²) in [6.45, 7) is 2.00. The van der Waals surface area contributed by atoms with Crippen molar-refractivity contribution in [2.45, 2.75) is 6.92 Å². The van der Waals surface area contributed by atoms with E-state index in [1.165, 1.54) is 3.57 Å². The Morgan fingerprint density at radius 3 is 3.18 bits per heavy atom. The molecular formula is C7H5IN2S. The number of thiazole rings is 1. The van der Waals surface area contributed by atoms with Crippen molar-refractivity contribution in [1.29, 1.82) is 0 Å². The van der Waals surface area contributed by atoms with Crippen molar-refractivity contribution in [1.82, 2.24) is 9.97 Å². The van der Waals surface area contributed by atoms with Crippen LogP contribution in [-0.4, -0.2) is 9.97 Å². The molecule has 2 aromatic rings. The molecule has 0 aliphatic heterocycles. The maximum atomic E-state index is 4.35. The third-order valence-corrected chi connectivity index (χ3v) is 2.93. The first-order valence-electron chi connectivity index (χ1n) is 3.14. The van der Waals surface area contributed by atoms with E-state index in [9.17, 15) is 0 Å². The van der Waals surface area contributed by atoms with Gasteiger partial charge in [0, 0.05) is 9.26 Å². The van der Waals surface area contributed by atoms with Gasteiger partial charge in [0.1, 0.15) is 10.3 Å². The van der Waals surface area contributed by atoms with Gasteiger partial charge in [-0.3, -0.25) is 0 Å². The van der Waals surface area contributed by atoms with Gasteiger partial charge in [-0.05, 0) is 35.6 Å². The predicted octanol–water partition coefficient (Wildman–Crippen LogP) is 2.60. The molecule has 0 aliphatic rings. The first-order valence-corrected chi connectivity index (χ1v) is 5.09. The van der Waals surface area contributed by atoms with Gasteiger partial charge in [-0.25, -0.2) is 9.97 Å². The summed E-state index contributed by atoms with van der Waals surface area (Å²) in [5, 5.41) is 0. The molecule has 0 saturated heterocycles. The molecule has 2 heterocycles. The molecule has 0 saturated carbocycles. The van der Waals surface area contributed by atoms with Crippen LogP contribution in [0.25, 0.3) is 10.3 Å². The van der Waals surface area contributed by atoms with Crippen LogP contribution in [0.3, 0.4) is 0 Å². The van der Waals surface area contributed by atoms with Crippen molar-refractivity contribution >= 4 is 44.3 Å². The number of hydrogen-bond acceptors (Lipinski definition) is 3. The number of aromatic nitrogens is 2. The van der Waals surface area contributed by atoms with Crippen LogP contribution in [0.5, 0.6) is 0 Å². The van der Waals surface area contributed by atoms with Crippen LogP contribution >= 0.6 is 33.9 Å². The standard InChI is InChI=1S/C7H5IN2S/c1-4-2-5(8)6-7(10-4)11-3-9-6/h2-3H,1H3. The van der Waals surface area contributed by atoms with Gasteiger partial charge in [0.05, 0.1) is 5.51 Å². The first kappa shape index (κ1) is 7.42. The van der Waals surface area contributed by atoms with E-state index >= 15 is 0 Å². The second-order valence-electron chi connectivity index (χ2n) is 2.25. The lowest BCUT2D eigenvalue weighted by Gasteiger charge is -1.93. The summed E-state index contributed by atoms with van der Waals surface area (Å²) in [7, 11) is 0. The lowest BCUT2D eigenvalue weighted by atomic mass is 10.4. The number of pyridine rings is 1. The van der Waals surface area contributed by atoms with Crippen molar-refractivity contribution in [2.24, 2.45) is 0 Å². The van der Waals surface area contributed by atoms with E-state index in [1.54, 1.807) is 11.3 Å². The molecular weight excluding hydrogens is 271 g/mol. The highest BCUT2D eigenvalue weighted by Gasteiger charge is 2.02. The molecule has 0 unspecified atom stereocenters. The Labute approximate surface area is 81.8 Å². The summed E-state index contributed by atoms with van der Waals surface area (Å²) in [5.41, 5.74) is 3.92. The fraction of sp³-hybridized carbons (Fsp3) is 0.143. The molecule has 0 fully saturated rings. The second-order valence-corrected chi connectivity index (χ2v) is 4.25. The summed E-state index contributed by atoms with van der Waals surface area (Å²) >= 11 is 3.87.